The largest absolute Gasteiger partial charge is 0.501 e. The monoisotopic (exact) mass is 260 g/mol. The molecular formula is H9N2O8PS2. The summed E-state index contributed by atoms with van der Waals surface area (Å²) in [5.41, 5.74) is 0. The molecule has 0 heterocycles. The van der Waals surface area contributed by atoms with Gasteiger partial charge in [0.15, 0.2) is 0 Å². The van der Waals surface area contributed by atoms with Crippen molar-refractivity contribution in [2.24, 2.45) is 0 Å². The lowest BCUT2D eigenvalue weighted by Crippen LogP contribution is -1.99. The van der Waals surface area contributed by atoms with E-state index in [1.165, 1.54) is 0 Å². The molecule has 0 fully saturated rings. The standard InChI is InChI=1S/2H3N.H3O8PS2/c;;1-9(2,7-10(3)4)8-11(5)6/h2*1H3;(H,1,2)(H,3,4)(H,5,6). The second kappa shape index (κ2) is 7.64. The summed E-state index contributed by atoms with van der Waals surface area (Å²) in [6.45, 7) is 0. The van der Waals surface area contributed by atoms with Crippen LogP contribution in [0.4, 0.5) is 0 Å². The summed E-state index contributed by atoms with van der Waals surface area (Å²) < 4.78 is 52.0. The molecule has 0 bridgehead atoms. The molecule has 0 aromatic rings. The minimum Gasteiger partial charge on any atom is -0.344 e. The Kier molecular flexibility index (Phi) is 11.1. The maximum atomic E-state index is 10.2. The minimum atomic E-state index is -4.91. The van der Waals surface area contributed by atoms with E-state index in [0.29, 0.717) is 0 Å². The van der Waals surface area contributed by atoms with Crippen LogP contribution in [0.25, 0.3) is 0 Å². The highest BCUT2D eigenvalue weighted by Gasteiger charge is 2.27. The summed E-state index contributed by atoms with van der Waals surface area (Å²) in [5, 5.41) is 0. The Morgan fingerprint density at radius 2 is 1.23 bits per heavy atom. The van der Waals surface area contributed by atoms with Crippen molar-refractivity contribution in [3.05, 3.63) is 0 Å². The van der Waals surface area contributed by atoms with Gasteiger partial charge in [0.05, 0.1) is 0 Å². The van der Waals surface area contributed by atoms with Crippen molar-refractivity contribution in [2.45, 2.75) is 0 Å². The van der Waals surface area contributed by atoms with Gasteiger partial charge in [0, 0.05) is 0 Å². The van der Waals surface area contributed by atoms with Gasteiger partial charge in [-0.2, -0.15) is 16.4 Å². The molecule has 0 amide bonds. The molecule has 0 rings (SSSR count). The van der Waals surface area contributed by atoms with Gasteiger partial charge in [0.2, 0.25) is 0 Å². The molecule has 2 unspecified atom stereocenters. The fraction of sp³-hybridized carbons (Fsp3) is 0. The van der Waals surface area contributed by atoms with Crippen molar-refractivity contribution in [2.75, 3.05) is 0 Å². The molecule has 0 aromatic heterocycles. The van der Waals surface area contributed by atoms with Crippen molar-refractivity contribution in [1.29, 1.82) is 0 Å². The lowest BCUT2D eigenvalue weighted by atomic mass is 14.0. The van der Waals surface area contributed by atoms with Gasteiger partial charge in [-0.3, -0.25) is 9.11 Å². The summed E-state index contributed by atoms with van der Waals surface area (Å²) in [7, 11) is -4.91. The number of hydrogen-bond acceptors (Lipinski definition) is 7. The average molecular weight is 260 g/mol. The summed E-state index contributed by atoms with van der Waals surface area (Å²) in [4.78, 5) is 8.26. The highest BCUT2D eigenvalue weighted by molar-refractivity contribution is 7.84. The molecule has 9 N–H and O–H groups in total. The molecule has 84 valence electrons. The van der Waals surface area contributed by atoms with Crippen molar-refractivity contribution in [1.82, 2.24) is 12.3 Å². The summed E-state index contributed by atoms with van der Waals surface area (Å²) in [5.74, 6) is 0. The predicted molar refractivity (Wildman–Crippen MR) is 43.6 cm³/mol. The van der Waals surface area contributed by atoms with Gasteiger partial charge in [0.25, 0.3) is 0 Å². The molecule has 13 heavy (non-hydrogen) atoms. The first-order chi connectivity index (χ1) is 4.83. The zero-order chi connectivity index (χ0) is 9.07. The zero-order valence-corrected chi connectivity index (χ0v) is 8.59. The molecule has 13 heteroatoms. The lowest BCUT2D eigenvalue weighted by molar-refractivity contribution is 0.288. The van der Waals surface area contributed by atoms with Gasteiger partial charge < -0.3 is 17.2 Å². The topological polar surface area (TPSA) is 200 Å². The number of hydrogen-bond donors (Lipinski definition) is 5. The van der Waals surface area contributed by atoms with E-state index in [1.807, 2.05) is 0 Å². The smallest absolute Gasteiger partial charge is 0.344 e. The Balaban J connectivity index is -0.000000500. The molecule has 2 atom stereocenters. The van der Waals surface area contributed by atoms with Crippen LogP contribution in [0.15, 0.2) is 0 Å². The van der Waals surface area contributed by atoms with E-state index in [4.69, 9.17) is 14.0 Å². The van der Waals surface area contributed by atoms with Gasteiger partial charge in [-0.15, -0.1) is 0 Å². The van der Waals surface area contributed by atoms with Crippen LogP contribution in [0.5, 0.6) is 0 Å². The molecule has 0 aliphatic heterocycles. The fourth-order valence-corrected chi connectivity index (χ4v) is 1.79. The molecule has 0 aliphatic carbocycles. The lowest BCUT2D eigenvalue weighted by Gasteiger charge is -2.03. The van der Waals surface area contributed by atoms with E-state index in [9.17, 15) is 13.0 Å². The van der Waals surface area contributed by atoms with Crippen LogP contribution in [0.2, 0.25) is 0 Å². The van der Waals surface area contributed by atoms with E-state index >= 15 is 0 Å². The highest BCUT2D eigenvalue weighted by atomic mass is 32.2. The van der Waals surface area contributed by atoms with Gasteiger partial charge in [0.1, 0.15) is 0 Å². The van der Waals surface area contributed by atoms with Crippen LogP contribution in [0.1, 0.15) is 0 Å². The molecule has 0 radical (unpaired) electrons. The maximum absolute atomic E-state index is 10.2. The van der Waals surface area contributed by atoms with Crippen LogP contribution in [0, 0.1) is 0 Å². The van der Waals surface area contributed by atoms with Crippen LogP contribution >= 0.6 is 7.82 Å². The Labute approximate surface area is 78.4 Å². The van der Waals surface area contributed by atoms with Crippen molar-refractivity contribution in [3.8, 4) is 0 Å². The van der Waals surface area contributed by atoms with Crippen LogP contribution in [0.3, 0.4) is 0 Å². The molecule has 0 saturated heterocycles. The maximum Gasteiger partial charge on any atom is 0.501 e. The summed E-state index contributed by atoms with van der Waals surface area (Å²) >= 11 is -6.07. The second-order valence-corrected chi connectivity index (χ2v) is 4.05. The molecule has 0 spiro atoms. The molecule has 0 aliphatic rings. The SMILES string of the molecule is N.N.O=S(O)OP(=O)(O)OS(=O)O. The molecular weight excluding hydrogens is 251 g/mol. The van der Waals surface area contributed by atoms with Crippen LogP contribution < -0.4 is 12.3 Å². The summed E-state index contributed by atoms with van der Waals surface area (Å²) in [6, 6.07) is 0. The third-order valence-electron chi connectivity index (χ3n) is 0.316. The van der Waals surface area contributed by atoms with Crippen molar-refractivity contribution < 1.29 is 34.9 Å². The minimum absolute atomic E-state index is 0. The van der Waals surface area contributed by atoms with Gasteiger partial charge in [-0.05, 0) is 0 Å². The quantitative estimate of drug-likeness (QED) is 0.330. The van der Waals surface area contributed by atoms with E-state index in [2.05, 4.69) is 7.94 Å². The molecule has 0 saturated carbocycles. The third-order valence-corrected chi connectivity index (χ3v) is 2.84. The van der Waals surface area contributed by atoms with Crippen LogP contribution in [-0.4, -0.2) is 22.4 Å². The normalized spacial score (nSPS) is 18.7. The Bertz CT molecular complexity index is 206. The average Bonchev–Trinajstić information content (AvgIpc) is 1.53. The Morgan fingerprint density at radius 3 is 1.38 bits per heavy atom. The number of phosphoric acid groups is 1. The number of rotatable bonds is 4. The van der Waals surface area contributed by atoms with E-state index in [1.54, 1.807) is 0 Å². The van der Waals surface area contributed by atoms with E-state index in [-0.39, 0.29) is 12.3 Å². The third kappa shape index (κ3) is 12.2. The van der Waals surface area contributed by atoms with Crippen LogP contribution in [-0.2, 0) is 35.2 Å². The predicted octanol–water partition coefficient (Wildman–Crippen LogP) is -0.283. The Morgan fingerprint density at radius 1 is 1.00 bits per heavy atom. The zero-order valence-electron chi connectivity index (χ0n) is 6.06. The fourth-order valence-electron chi connectivity index (χ4n) is 0.174. The second-order valence-electron chi connectivity index (χ2n) is 1.05. The molecule has 10 nitrogen and oxygen atoms in total. The van der Waals surface area contributed by atoms with Crippen molar-refractivity contribution in [3.63, 3.8) is 0 Å². The van der Waals surface area contributed by atoms with E-state index < -0.39 is 30.5 Å². The summed E-state index contributed by atoms with van der Waals surface area (Å²) in [6.07, 6.45) is 0. The first kappa shape index (κ1) is 18.9. The van der Waals surface area contributed by atoms with Gasteiger partial charge in [-0.1, -0.05) is 0 Å². The van der Waals surface area contributed by atoms with Crippen molar-refractivity contribution >= 4 is 30.5 Å². The molecule has 0 aromatic carbocycles. The first-order valence-electron chi connectivity index (χ1n) is 1.78. The highest BCUT2D eigenvalue weighted by Crippen LogP contribution is 2.44. The first-order valence-corrected chi connectivity index (χ1v) is 5.34. The van der Waals surface area contributed by atoms with Gasteiger partial charge in [-0.25, -0.2) is 4.57 Å². The van der Waals surface area contributed by atoms with E-state index in [0.717, 1.165) is 0 Å². The van der Waals surface area contributed by atoms with Gasteiger partial charge >= 0.3 is 30.5 Å². The Hall–Kier alpha value is 0.250.